The Hall–Kier alpha value is -2.94. The van der Waals surface area contributed by atoms with Crippen LogP contribution in [-0.4, -0.2) is 33.3 Å². The predicted molar refractivity (Wildman–Crippen MR) is 96.6 cm³/mol. The van der Waals surface area contributed by atoms with E-state index in [-0.39, 0.29) is 0 Å². The molecule has 25 heavy (non-hydrogen) atoms. The van der Waals surface area contributed by atoms with Gasteiger partial charge in [0.25, 0.3) is 0 Å². The van der Waals surface area contributed by atoms with E-state index in [0.29, 0.717) is 35.1 Å². The molecule has 8 nitrogen and oxygen atoms in total. The van der Waals surface area contributed by atoms with Crippen molar-refractivity contribution >= 4 is 33.3 Å². The molecule has 0 aliphatic rings. The number of aromatic amines is 1. The molecule has 0 bridgehead atoms. The average Bonchev–Trinajstić information content (AvgIpc) is 3.12. The molecular formula is C16H15BrN6O2. The third-order valence-corrected chi connectivity index (χ3v) is 3.92. The number of nitrogens with one attached hydrogen (secondary N) is 1. The number of carbonyl (C=O) groups is 1. The molecule has 0 atom stereocenters. The predicted octanol–water partition coefficient (Wildman–Crippen LogP) is 3.24. The van der Waals surface area contributed by atoms with Crippen LogP contribution in [0.25, 0.3) is 11.4 Å². The van der Waals surface area contributed by atoms with Gasteiger partial charge in [0.15, 0.2) is 5.82 Å². The van der Waals surface area contributed by atoms with Crippen molar-refractivity contribution < 1.29 is 9.53 Å². The van der Waals surface area contributed by atoms with Gasteiger partial charge in [0.05, 0.1) is 18.0 Å². The maximum absolute atomic E-state index is 12.2. The maximum Gasteiger partial charge on any atom is 0.323 e. The Labute approximate surface area is 152 Å². The van der Waals surface area contributed by atoms with E-state index in [9.17, 15) is 4.79 Å². The van der Waals surface area contributed by atoms with Crippen molar-refractivity contribution in [3.05, 3.63) is 46.9 Å². The summed E-state index contributed by atoms with van der Waals surface area (Å²) in [6.45, 7) is 2.47. The van der Waals surface area contributed by atoms with Crippen molar-refractivity contribution in [2.24, 2.45) is 5.73 Å². The molecule has 0 unspecified atom stereocenters. The standard InChI is InChI=1S/C16H15BrN6O2/c1-2-25-12-6-4-11(5-7-12)23(16(18)24)14-8-3-10(17)9-13(14)15-19-21-22-20-15/h3-9H,2H2,1H3,(H2,18,24)(H,19,20,21,22). The quantitative estimate of drug-likeness (QED) is 0.680. The zero-order chi connectivity index (χ0) is 17.8. The monoisotopic (exact) mass is 402 g/mol. The summed E-state index contributed by atoms with van der Waals surface area (Å²) in [4.78, 5) is 13.5. The Morgan fingerprint density at radius 3 is 2.64 bits per heavy atom. The fourth-order valence-electron chi connectivity index (χ4n) is 2.41. The first-order chi connectivity index (χ1) is 12.1. The van der Waals surface area contributed by atoms with Crippen molar-refractivity contribution in [2.45, 2.75) is 6.92 Å². The van der Waals surface area contributed by atoms with Crippen LogP contribution in [0.3, 0.4) is 0 Å². The van der Waals surface area contributed by atoms with Crippen LogP contribution < -0.4 is 15.4 Å². The molecule has 2 amide bonds. The topological polar surface area (TPSA) is 110 Å². The molecule has 0 aliphatic carbocycles. The second-order valence-electron chi connectivity index (χ2n) is 5.01. The maximum atomic E-state index is 12.2. The van der Waals surface area contributed by atoms with E-state index in [1.165, 1.54) is 4.90 Å². The number of hydrogen-bond acceptors (Lipinski definition) is 5. The van der Waals surface area contributed by atoms with E-state index in [2.05, 4.69) is 36.6 Å². The first-order valence-electron chi connectivity index (χ1n) is 7.46. The van der Waals surface area contributed by atoms with Gasteiger partial charge in [-0.05, 0) is 59.8 Å². The Kier molecular flexibility index (Phi) is 4.94. The summed E-state index contributed by atoms with van der Waals surface area (Å²) >= 11 is 3.42. The van der Waals surface area contributed by atoms with Gasteiger partial charge in [-0.2, -0.15) is 0 Å². The smallest absolute Gasteiger partial charge is 0.323 e. The lowest BCUT2D eigenvalue weighted by molar-refractivity contribution is 0.256. The van der Waals surface area contributed by atoms with Gasteiger partial charge in [0.1, 0.15) is 5.75 Å². The zero-order valence-electron chi connectivity index (χ0n) is 13.3. The number of amides is 2. The zero-order valence-corrected chi connectivity index (χ0v) is 14.9. The van der Waals surface area contributed by atoms with E-state index in [1.54, 1.807) is 30.3 Å². The fraction of sp³-hybridized carbons (Fsp3) is 0.125. The number of H-pyrrole nitrogens is 1. The number of nitrogens with zero attached hydrogens (tertiary/aromatic N) is 4. The number of benzene rings is 2. The molecule has 0 saturated heterocycles. The van der Waals surface area contributed by atoms with Crippen LogP contribution in [-0.2, 0) is 0 Å². The summed E-state index contributed by atoms with van der Waals surface area (Å²) in [6.07, 6.45) is 0. The van der Waals surface area contributed by atoms with E-state index in [1.807, 2.05) is 19.1 Å². The Balaban J connectivity index is 2.09. The summed E-state index contributed by atoms with van der Waals surface area (Å²) in [5.41, 5.74) is 7.43. The molecule has 3 N–H and O–H groups in total. The molecule has 0 spiro atoms. The molecule has 1 aromatic heterocycles. The van der Waals surface area contributed by atoms with Gasteiger partial charge in [-0.3, -0.25) is 4.90 Å². The van der Waals surface area contributed by atoms with Gasteiger partial charge in [0, 0.05) is 10.0 Å². The minimum atomic E-state index is -0.625. The number of carbonyl (C=O) groups excluding carboxylic acids is 1. The lowest BCUT2D eigenvalue weighted by atomic mass is 10.1. The van der Waals surface area contributed by atoms with Crippen LogP contribution in [0.5, 0.6) is 5.75 Å². The number of anilines is 2. The molecule has 1 heterocycles. The van der Waals surface area contributed by atoms with Crippen LogP contribution in [0.4, 0.5) is 16.2 Å². The van der Waals surface area contributed by atoms with Crippen LogP contribution in [0, 0.1) is 0 Å². The minimum absolute atomic E-state index is 0.425. The number of tetrazole rings is 1. The molecule has 0 radical (unpaired) electrons. The van der Waals surface area contributed by atoms with Gasteiger partial charge in [0.2, 0.25) is 0 Å². The fourth-order valence-corrected chi connectivity index (χ4v) is 2.77. The summed E-state index contributed by atoms with van der Waals surface area (Å²) in [6, 6.07) is 11.9. The van der Waals surface area contributed by atoms with Crippen LogP contribution >= 0.6 is 15.9 Å². The number of halogens is 1. The molecule has 2 aromatic carbocycles. The van der Waals surface area contributed by atoms with Crippen LogP contribution in [0.15, 0.2) is 46.9 Å². The molecule has 3 aromatic rings. The molecule has 128 valence electrons. The van der Waals surface area contributed by atoms with E-state index in [4.69, 9.17) is 10.5 Å². The number of aromatic nitrogens is 4. The Bertz CT molecular complexity index is 867. The number of rotatable bonds is 5. The highest BCUT2D eigenvalue weighted by Gasteiger charge is 2.21. The van der Waals surface area contributed by atoms with Crippen LogP contribution in [0.2, 0.25) is 0 Å². The van der Waals surface area contributed by atoms with Crippen molar-refractivity contribution in [3.63, 3.8) is 0 Å². The van der Waals surface area contributed by atoms with Gasteiger partial charge in [-0.15, -0.1) is 5.10 Å². The highest BCUT2D eigenvalue weighted by Crippen LogP contribution is 2.35. The minimum Gasteiger partial charge on any atom is -0.494 e. The number of hydrogen-bond donors (Lipinski definition) is 2. The third-order valence-electron chi connectivity index (χ3n) is 3.43. The highest BCUT2D eigenvalue weighted by molar-refractivity contribution is 9.10. The third kappa shape index (κ3) is 3.61. The molecule has 0 fully saturated rings. The van der Waals surface area contributed by atoms with Gasteiger partial charge in [-0.25, -0.2) is 9.89 Å². The SMILES string of the molecule is CCOc1ccc(N(C(N)=O)c2ccc(Br)cc2-c2nnn[nH]2)cc1. The van der Waals surface area contributed by atoms with Gasteiger partial charge in [-0.1, -0.05) is 15.9 Å². The number of nitrogens with two attached hydrogens (primary N) is 1. The molecular weight excluding hydrogens is 388 g/mol. The Morgan fingerprint density at radius 2 is 2.04 bits per heavy atom. The number of urea groups is 1. The first-order valence-corrected chi connectivity index (χ1v) is 8.25. The van der Waals surface area contributed by atoms with E-state index < -0.39 is 6.03 Å². The Morgan fingerprint density at radius 1 is 1.28 bits per heavy atom. The lowest BCUT2D eigenvalue weighted by Gasteiger charge is -2.23. The van der Waals surface area contributed by atoms with Crippen molar-refractivity contribution in [1.82, 2.24) is 20.6 Å². The largest absolute Gasteiger partial charge is 0.494 e. The summed E-state index contributed by atoms with van der Waals surface area (Å²) in [5, 5.41) is 13.8. The number of primary amides is 1. The van der Waals surface area contributed by atoms with Crippen molar-refractivity contribution in [1.29, 1.82) is 0 Å². The van der Waals surface area contributed by atoms with Crippen molar-refractivity contribution in [3.8, 4) is 17.1 Å². The highest BCUT2D eigenvalue weighted by atomic mass is 79.9. The van der Waals surface area contributed by atoms with Crippen LogP contribution in [0.1, 0.15) is 6.92 Å². The second-order valence-corrected chi connectivity index (χ2v) is 5.93. The second kappa shape index (κ2) is 7.31. The summed E-state index contributed by atoms with van der Waals surface area (Å²) in [5.74, 6) is 1.14. The summed E-state index contributed by atoms with van der Waals surface area (Å²) < 4.78 is 6.25. The average molecular weight is 403 g/mol. The lowest BCUT2D eigenvalue weighted by Crippen LogP contribution is -2.31. The van der Waals surface area contributed by atoms with E-state index >= 15 is 0 Å². The van der Waals surface area contributed by atoms with Crippen molar-refractivity contribution in [2.75, 3.05) is 11.5 Å². The molecule has 9 heteroatoms. The van der Waals surface area contributed by atoms with Gasteiger partial charge >= 0.3 is 6.03 Å². The molecule has 3 rings (SSSR count). The molecule has 0 saturated carbocycles. The normalized spacial score (nSPS) is 10.5. The summed E-state index contributed by atoms with van der Waals surface area (Å²) in [7, 11) is 0. The van der Waals surface area contributed by atoms with E-state index in [0.717, 1.165) is 4.47 Å². The number of ether oxygens (including phenoxy) is 1. The van der Waals surface area contributed by atoms with Gasteiger partial charge < -0.3 is 10.5 Å². The molecule has 0 aliphatic heterocycles. The first kappa shape index (κ1) is 16.9.